The first-order valence-electron chi connectivity index (χ1n) is 7.35. The van der Waals surface area contributed by atoms with Crippen LogP contribution in [0, 0.1) is 0 Å². The first-order valence-corrected chi connectivity index (χ1v) is 9.11. The van der Waals surface area contributed by atoms with Gasteiger partial charge < -0.3 is 5.32 Å². The Morgan fingerprint density at radius 3 is 2.30 bits per heavy atom. The van der Waals surface area contributed by atoms with Gasteiger partial charge in [0.25, 0.3) is 0 Å². The molecule has 23 heavy (non-hydrogen) atoms. The van der Waals surface area contributed by atoms with Crippen molar-refractivity contribution in [3.63, 3.8) is 0 Å². The summed E-state index contributed by atoms with van der Waals surface area (Å²) in [5.74, 6) is 0. The lowest BCUT2D eigenvalue weighted by atomic mass is 9.99. The van der Waals surface area contributed by atoms with Crippen LogP contribution in [-0.4, -0.2) is 36.6 Å². The zero-order valence-corrected chi connectivity index (χ0v) is 14.0. The highest BCUT2D eigenvalue weighted by atomic mass is 32.2. The van der Waals surface area contributed by atoms with Crippen molar-refractivity contribution in [1.82, 2.24) is 10.2 Å². The Balaban J connectivity index is 1.84. The molecule has 1 aromatic carbocycles. The fourth-order valence-corrected chi connectivity index (χ4v) is 4.06. The zero-order chi connectivity index (χ0) is 16.3. The summed E-state index contributed by atoms with van der Waals surface area (Å²) >= 11 is 1.58. The van der Waals surface area contributed by atoms with Crippen LogP contribution in [0.5, 0.6) is 0 Å². The van der Waals surface area contributed by atoms with Crippen LogP contribution in [0.1, 0.15) is 17.2 Å². The van der Waals surface area contributed by atoms with Gasteiger partial charge in [-0.05, 0) is 51.8 Å². The van der Waals surface area contributed by atoms with Crippen molar-refractivity contribution in [2.24, 2.45) is 0 Å². The van der Waals surface area contributed by atoms with Gasteiger partial charge in [-0.3, -0.25) is 4.90 Å². The second kappa shape index (κ2) is 7.25. The van der Waals surface area contributed by atoms with Gasteiger partial charge in [0.1, 0.15) is 0 Å². The van der Waals surface area contributed by atoms with Crippen molar-refractivity contribution in [3.05, 3.63) is 52.2 Å². The maximum atomic E-state index is 12.5. The van der Waals surface area contributed by atoms with E-state index >= 15 is 0 Å². The Morgan fingerprint density at radius 2 is 1.74 bits per heavy atom. The molecule has 1 saturated heterocycles. The molecule has 7 heteroatoms. The van der Waals surface area contributed by atoms with E-state index in [0.717, 1.165) is 31.7 Å². The number of hydrogen-bond acceptors (Lipinski definition) is 4. The standard InChI is InChI=1S/C16H17F3N2S2/c17-16(18,19)23-14-3-1-12(2-4-14)15(13-5-10-22-11-13)21-8-6-20-7-9-21/h1-5,10-11,15,20H,6-9H2/t15-/m1/s1. The number of nitrogens with one attached hydrogen (secondary N) is 1. The van der Waals surface area contributed by atoms with E-state index < -0.39 is 5.51 Å². The van der Waals surface area contributed by atoms with E-state index in [9.17, 15) is 13.2 Å². The quantitative estimate of drug-likeness (QED) is 0.818. The monoisotopic (exact) mass is 358 g/mol. The summed E-state index contributed by atoms with van der Waals surface area (Å²) in [6.45, 7) is 3.73. The average Bonchev–Trinajstić information content (AvgIpc) is 3.03. The lowest BCUT2D eigenvalue weighted by molar-refractivity contribution is -0.0328. The van der Waals surface area contributed by atoms with Gasteiger partial charge in [-0.15, -0.1) is 0 Å². The lowest BCUT2D eigenvalue weighted by Gasteiger charge is -2.35. The predicted molar refractivity (Wildman–Crippen MR) is 89.0 cm³/mol. The van der Waals surface area contributed by atoms with E-state index in [1.807, 2.05) is 17.5 Å². The molecule has 124 valence electrons. The maximum Gasteiger partial charge on any atom is 0.446 e. The highest BCUT2D eigenvalue weighted by Crippen LogP contribution is 2.38. The molecule has 0 radical (unpaired) electrons. The fraction of sp³-hybridized carbons (Fsp3) is 0.375. The molecule has 1 fully saturated rings. The number of alkyl halides is 3. The first kappa shape index (κ1) is 16.8. The van der Waals surface area contributed by atoms with E-state index in [1.165, 1.54) is 5.56 Å². The Morgan fingerprint density at radius 1 is 1.04 bits per heavy atom. The molecule has 1 aromatic heterocycles. The van der Waals surface area contributed by atoms with Crippen molar-refractivity contribution >= 4 is 23.1 Å². The van der Waals surface area contributed by atoms with Crippen molar-refractivity contribution in [2.45, 2.75) is 16.4 Å². The van der Waals surface area contributed by atoms with E-state index in [4.69, 9.17) is 0 Å². The highest BCUT2D eigenvalue weighted by Gasteiger charge is 2.29. The van der Waals surface area contributed by atoms with Crippen LogP contribution < -0.4 is 5.32 Å². The number of benzene rings is 1. The largest absolute Gasteiger partial charge is 0.446 e. The number of nitrogens with zero attached hydrogens (tertiary/aromatic N) is 1. The molecular formula is C16H17F3N2S2. The SMILES string of the molecule is FC(F)(F)Sc1ccc([C@H](c2ccsc2)N2CCNCC2)cc1. The Labute approximate surface area is 141 Å². The van der Waals surface area contributed by atoms with E-state index in [0.29, 0.717) is 0 Å². The number of rotatable bonds is 4. The number of hydrogen-bond donors (Lipinski definition) is 1. The maximum absolute atomic E-state index is 12.5. The van der Waals surface area contributed by atoms with Crippen LogP contribution in [0.15, 0.2) is 46.0 Å². The number of piperazine rings is 1. The molecule has 0 amide bonds. The van der Waals surface area contributed by atoms with Crippen molar-refractivity contribution in [1.29, 1.82) is 0 Å². The summed E-state index contributed by atoms with van der Waals surface area (Å²) in [6, 6.07) is 8.96. The second-order valence-corrected chi connectivity index (χ2v) is 7.28. The minimum absolute atomic E-state index is 0.0673. The molecule has 2 aromatic rings. The average molecular weight is 358 g/mol. The van der Waals surface area contributed by atoms with Gasteiger partial charge in [0.15, 0.2) is 0 Å². The molecule has 0 unspecified atom stereocenters. The molecule has 0 bridgehead atoms. The molecule has 0 saturated carbocycles. The van der Waals surface area contributed by atoms with Gasteiger partial charge in [-0.2, -0.15) is 24.5 Å². The van der Waals surface area contributed by atoms with Gasteiger partial charge in [-0.25, -0.2) is 0 Å². The molecule has 0 aliphatic carbocycles. The van der Waals surface area contributed by atoms with E-state index in [2.05, 4.69) is 21.7 Å². The molecule has 3 rings (SSSR count). The smallest absolute Gasteiger partial charge is 0.314 e. The first-order chi connectivity index (χ1) is 11.0. The topological polar surface area (TPSA) is 15.3 Å². The highest BCUT2D eigenvalue weighted by molar-refractivity contribution is 8.00. The zero-order valence-electron chi connectivity index (χ0n) is 12.3. The predicted octanol–water partition coefficient (Wildman–Crippen LogP) is 4.35. The van der Waals surface area contributed by atoms with Crippen LogP contribution >= 0.6 is 23.1 Å². The van der Waals surface area contributed by atoms with Crippen molar-refractivity contribution in [2.75, 3.05) is 26.2 Å². The van der Waals surface area contributed by atoms with Gasteiger partial charge in [-0.1, -0.05) is 12.1 Å². The Bertz CT molecular complexity index is 605. The number of halogens is 3. The summed E-state index contributed by atoms with van der Waals surface area (Å²) in [7, 11) is 0. The van der Waals surface area contributed by atoms with Crippen LogP contribution in [0.25, 0.3) is 0 Å². The van der Waals surface area contributed by atoms with Crippen molar-refractivity contribution in [3.8, 4) is 0 Å². The molecular weight excluding hydrogens is 341 g/mol. The summed E-state index contributed by atoms with van der Waals surface area (Å²) in [4.78, 5) is 2.61. The molecule has 0 spiro atoms. The lowest BCUT2D eigenvalue weighted by Crippen LogP contribution is -2.45. The number of thioether (sulfide) groups is 1. The van der Waals surface area contributed by atoms with Gasteiger partial charge in [0.05, 0.1) is 6.04 Å². The van der Waals surface area contributed by atoms with Crippen LogP contribution in [0.3, 0.4) is 0 Å². The van der Waals surface area contributed by atoms with Gasteiger partial charge >= 0.3 is 5.51 Å². The van der Waals surface area contributed by atoms with Crippen molar-refractivity contribution < 1.29 is 13.2 Å². The molecule has 1 aliphatic heterocycles. The third kappa shape index (κ3) is 4.50. The minimum Gasteiger partial charge on any atom is -0.314 e. The third-order valence-corrected chi connectivity index (χ3v) is 5.25. The summed E-state index contributed by atoms with van der Waals surface area (Å²) < 4.78 is 37.4. The van der Waals surface area contributed by atoms with E-state index in [-0.39, 0.29) is 22.7 Å². The third-order valence-electron chi connectivity index (χ3n) is 3.81. The Hall–Kier alpha value is -1.02. The molecule has 2 heterocycles. The molecule has 1 N–H and O–H groups in total. The number of thiophene rings is 1. The normalized spacial score (nSPS) is 18.0. The fourth-order valence-electron chi connectivity index (χ4n) is 2.84. The summed E-state index contributed by atoms with van der Waals surface area (Å²) in [6.07, 6.45) is 0. The summed E-state index contributed by atoms with van der Waals surface area (Å²) in [5.41, 5.74) is -2.00. The van der Waals surface area contributed by atoms with E-state index in [1.54, 1.807) is 23.5 Å². The van der Waals surface area contributed by atoms with Gasteiger partial charge in [0.2, 0.25) is 0 Å². The minimum atomic E-state index is -4.24. The molecule has 2 nitrogen and oxygen atoms in total. The summed E-state index contributed by atoms with van der Waals surface area (Å²) in [5, 5.41) is 7.49. The van der Waals surface area contributed by atoms with Gasteiger partial charge in [0, 0.05) is 31.1 Å². The van der Waals surface area contributed by atoms with Crippen LogP contribution in [0.4, 0.5) is 13.2 Å². The second-order valence-electron chi connectivity index (χ2n) is 5.36. The molecule has 1 atom stereocenters. The van der Waals surface area contributed by atoms with Crippen LogP contribution in [0.2, 0.25) is 0 Å². The Kier molecular flexibility index (Phi) is 5.31. The van der Waals surface area contributed by atoms with Crippen LogP contribution in [-0.2, 0) is 0 Å². The molecule has 1 aliphatic rings.